The van der Waals surface area contributed by atoms with E-state index in [0.717, 1.165) is 32.0 Å². The van der Waals surface area contributed by atoms with Crippen LogP contribution in [0.5, 0.6) is 0 Å². The monoisotopic (exact) mass is 269 g/mol. The quantitative estimate of drug-likeness (QED) is 0.826. The van der Waals surface area contributed by atoms with Crippen LogP contribution in [0.3, 0.4) is 0 Å². The molecule has 0 aliphatic carbocycles. The average Bonchev–Trinajstić information content (AvgIpc) is 2.49. The standard InChI is InChI=1S/C13H25N3O.C2H6/c1-14-13(17)11-3-9-16(10-4-11)12-5-7-15(2)8-6-12;1-2/h11-12H,3-10H2,1-2H3,(H,14,17);1-2H3. The van der Waals surface area contributed by atoms with Gasteiger partial charge in [-0.15, -0.1) is 0 Å². The number of likely N-dealkylation sites (tertiary alicyclic amines) is 2. The van der Waals surface area contributed by atoms with Crippen molar-refractivity contribution in [3.05, 3.63) is 0 Å². The predicted molar refractivity (Wildman–Crippen MR) is 80.2 cm³/mol. The number of piperidine rings is 2. The van der Waals surface area contributed by atoms with Gasteiger partial charge < -0.3 is 15.1 Å². The summed E-state index contributed by atoms with van der Waals surface area (Å²) in [5, 5.41) is 2.77. The van der Waals surface area contributed by atoms with Gasteiger partial charge in [-0.1, -0.05) is 13.8 Å². The maximum absolute atomic E-state index is 11.6. The highest BCUT2D eigenvalue weighted by atomic mass is 16.1. The van der Waals surface area contributed by atoms with E-state index in [1.807, 2.05) is 13.8 Å². The molecule has 2 fully saturated rings. The van der Waals surface area contributed by atoms with Crippen molar-refractivity contribution >= 4 is 5.91 Å². The Hall–Kier alpha value is -0.610. The maximum atomic E-state index is 11.6. The molecule has 0 aromatic rings. The van der Waals surface area contributed by atoms with Crippen molar-refractivity contribution in [2.24, 2.45) is 5.92 Å². The van der Waals surface area contributed by atoms with Gasteiger partial charge in [-0.3, -0.25) is 4.79 Å². The lowest BCUT2D eigenvalue weighted by molar-refractivity contribution is -0.126. The van der Waals surface area contributed by atoms with E-state index >= 15 is 0 Å². The lowest BCUT2D eigenvalue weighted by Crippen LogP contribution is -2.48. The average molecular weight is 269 g/mol. The number of carbonyl (C=O) groups is 1. The first-order chi connectivity index (χ1) is 9.20. The summed E-state index contributed by atoms with van der Waals surface area (Å²) in [7, 11) is 3.94. The molecule has 0 unspecified atom stereocenters. The van der Waals surface area contributed by atoms with Crippen LogP contribution in [0.25, 0.3) is 0 Å². The Labute approximate surface area is 118 Å². The van der Waals surface area contributed by atoms with E-state index < -0.39 is 0 Å². The fourth-order valence-corrected chi connectivity index (χ4v) is 3.09. The van der Waals surface area contributed by atoms with Gasteiger partial charge in [-0.25, -0.2) is 0 Å². The van der Waals surface area contributed by atoms with Crippen LogP contribution in [-0.4, -0.2) is 62.0 Å². The molecule has 1 amide bonds. The molecule has 0 radical (unpaired) electrons. The van der Waals surface area contributed by atoms with Crippen molar-refractivity contribution in [2.75, 3.05) is 40.3 Å². The summed E-state index contributed by atoms with van der Waals surface area (Å²) < 4.78 is 0. The first-order valence-electron chi connectivity index (χ1n) is 7.85. The molecule has 2 saturated heterocycles. The topological polar surface area (TPSA) is 35.6 Å². The van der Waals surface area contributed by atoms with Crippen molar-refractivity contribution in [1.29, 1.82) is 0 Å². The third-order valence-corrected chi connectivity index (χ3v) is 4.35. The molecule has 0 aromatic heterocycles. The van der Waals surface area contributed by atoms with Gasteiger partial charge in [0, 0.05) is 19.0 Å². The number of nitrogens with one attached hydrogen (secondary N) is 1. The van der Waals surface area contributed by atoms with E-state index in [0.29, 0.717) is 0 Å². The first-order valence-corrected chi connectivity index (χ1v) is 7.85. The summed E-state index contributed by atoms with van der Waals surface area (Å²) in [6, 6.07) is 0.761. The fraction of sp³-hybridized carbons (Fsp3) is 0.933. The van der Waals surface area contributed by atoms with Gasteiger partial charge >= 0.3 is 0 Å². The SMILES string of the molecule is CC.CNC(=O)C1CCN(C2CCN(C)CC2)CC1. The number of carbonyl (C=O) groups excluding carboxylic acids is 1. The molecular formula is C15H31N3O. The van der Waals surface area contributed by atoms with Crippen LogP contribution in [0, 0.1) is 5.92 Å². The summed E-state index contributed by atoms with van der Waals surface area (Å²) in [6.45, 7) is 8.65. The summed E-state index contributed by atoms with van der Waals surface area (Å²) >= 11 is 0. The van der Waals surface area contributed by atoms with Crippen molar-refractivity contribution in [3.8, 4) is 0 Å². The molecule has 0 aromatic carbocycles. The largest absolute Gasteiger partial charge is 0.359 e. The van der Waals surface area contributed by atoms with E-state index in [1.54, 1.807) is 7.05 Å². The van der Waals surface area contributed by atoms with Crippen LogP contribution < -0.4 is 5.32 Å². The Morgan fingerprint density at radius 1 is 1.00 bits per heavy atom. The van der Waals surface area contributed by atoms with Crippen molar-refractivity contribution in [2.45, 2.75) is 45.6 Å². The molecule has 1 N–H and O–H groups in total. The minimum atomic E-state index is 0.230. The van der Waals surface area contributed by atoms with Gasteiger partial charge in [0.05, 0.1) is 0 Å². The molecule has 2 rings (SSSR count). The van der Waals surface area contributed by atoms with Crippen LogP contribution in [0.2, 0.25) is 0 Å². The van der Waals surface area contributed by atoms with Crippen LogP contribution in [-0.2, 0) is 4.79 Å². The molecule has 4 heteroatoms. The predicted octanol–water partition coefficient (Wildman–Crippen LogP) is 1.56. The number of rotatable bonds is 2. The highest BCUT2D eigenvalue weighted by molar-refractivity contribution is 5.78. The Morgan fingerprint density at radius 3 is 2.00 bits per heavy atom. The molecule has 19 heavy (non-hydrogen) atoms. The van der Waals surface area contributed by atoms with Crippen LogP contribution in [0.4, 0.5) is 0 Å². The van der Waals surface area contributed by atoms with E-state index in [2.05, 4.69) is 22.2 Å². The highest BCUT2D eigenvalue weighted by Gasteiger charge is 2.29. The minimum absolute atomic E-state index is 0.230. The molecular weight excluding hydrogens is 238 g/mol. The molecule has 0 bridgehead atoms. The third-order valence-electron chi connectivity index (χ3n) is 4.35. The normalized spacial score (nSPS) is 23.6. The fourth-order valence-electron chi connectivity index (χ4n) is 3.09. The molecule has 0 saturated carbocycles. The highest BCUT2D eigenvalue weighted by Crippen LogP contribution is 2.23. The number of amides is 1. The summed E-state index contributed by atoms with van der Waals surface area (Å²) in [5.74, 6) is 0.482. The molecule has 0 spiro atoms. The zero-order valence-corrected chi connectivity index (χ0v) is 13.1. The van der Waals surface area contributed by atoms with Gasteiger partial charge in [0.25, 0.3) is 0 Å². The number of nitrogens with zero attached hydrogens (tertiary/aromatic N) is 2. The summed E-state index contributed by atoms with van der Waals surface area (Å²) in [6.07, 6.45) is 4.65. The lowest BCUT2D eigenvalue weighted by atomic mass is 9.93. The van der Waals surface area contributed by atoms with Crippen molar-refractivity contribution in [3.63, 3.8) is 0 Å². The van der Waals surface area contributed by atoms with E-state index in [-0.39, 0.29) is 11.8 Å². The molecule has 0 atom stereocenters. The van der Waals surface area contributed by atoms with E-state index in [1.165, 1.54) is 25.9 Å². The van der Waals surface area contributed by atoms with Crippen LogP contribution in [0.1, 0.15) is 39.5 Å². The zero-order chi connectivity index (χ0) is 14.3. The smallest absolute Gasteiger partial charge is 0.222 e. The first kappa shape index (κ1) is 16.4. The van der Waals surface area contributed by atoms with Gasteiger partial charge in [0.1, 0.15) is 0 Å². The maximum Gasteiger partial charge on any atom is 0.222 e. The second-order valence-electron chi connectivity index (χ2n) is 5.46. The van der Waals surface area contributed by atoms with Crippen molar-refractivity contribution in [1.82, 2.24) is 15.1 Å². The van der Waals surface area contributed by atoms with E-state index in [4.69, 9.17) is 0 Å². The Morgan fingerprint density at radius 2 is 1.53 bits per heavy atom. The van der Waals surface area contributed by atoms with E-state index in [9.17, 15) is 4.79 Å². The summed E-state index contributed by atoms with van der Waals surface area (Å²) in [4.78, 5) is 16.6. The van der Waals surface area contributed by atoms with Gasteiger partial charge in [-0.2, -0.15) is 0 Å². The van der Waals surface area contributed by atoms with Gasteiger partial charge in [-0.05, 0) is 58.9 Å². The molecule has 4 nitrogen and oxygen atoms in total. The van der Waals surface area contributed by atoms with Crippen LogP contribution >= 0.6 is 0 Å². The Bertz CT molecular complexity index is 254. The molecule has 112 valence electrons. The molecule has 2 heterocycles. The van der Waals surface area contributed by atoms with Gasteiger partial charge in [0.15, 0.2) is 0 Å². The van der Waals surface area contributed by atoms with Crippen LogP contribution in [0.15, 0.2) is 0 Å². The summed E-state index contributed by atoms with van der Waals surface area (Å²) in [5.41, 5.74) is 0. The molecule has 2 aliphatic heterocycles. The third kappa shape index (κ3) is 4.77. The molecule has 2 aliphatic rings. The van der Waals surface area contributed by atoms with Crippen molar-refractivity contribution < 1.29 is 4.79 Å². The zero-order valence-electron chi connectivity index (χ0n) is 13.1. The minimum Gasteiger partial charge on any atom is -0.359 e. The number of hydrogen-bond donors (Lipinski definition) is 1. The Kier molecular flexibility index (Phi) is 7.39. The van der Waals surface area contributed by atoms with Gasteiger partial charge in [0.2, 0.25) is 5.91 Å². The second-order valence-corrected chi connectivity index (χ2v) is 5.46. The number of hydrogen-bond acceptors (Lipinski definition) is 3. The second kappa shape index (κ2) is 8.54. The Balaban J connectivity index is 0.000000861. The lowest BCUT2D eigenvalue weighted by Gasteiger charge is -2.40.